The molecule has 140 valence electrons. The number of amides is 1. The Kier molecular flexibility index (Phi) is 4.92. The number of carbonyl (C=O) groups is 1. The number of nitrogens with zero attached hydrogens (tertiary/aromatic N) is 4. The SMILES string of the molecule is O=C(CCc1nc2c(cnn2-c2ccccc2)c(=O)[nH]1)NCc1ccncc1. The van der Waals surface area contributed by atoms with Gasteiger partial charge in [-0.2, -0.15) is 5.10 Å². The number of benzene rings is 1. The van der Waals surface area contributed by atoms with Crippen molar-refractivity contribution < 1.29 is 4.79 Å². The second kappa shape index (κ2) is 7.83. The molecule has 0 radical (unpaired) electrons. The number of nitrogens with one attached hydrogen (secondary N) is 2. The monoisotopic (exact) mass is 374 g/mol. The van der Waals surface area contributed by atoms with E-state index >= 15 is 0 Å². The minimum atomic E-state index is -0.264. The van der Waals surface area contributed by atoms with Crippen LogP contribution in [0.15, 0.2) is 65.8 Å². The lowest BCUT2D eigenvalue weighted by Gasteiger charge is -2.06. The van der Waals surface area contributed by atoms with Crippen molar-refractivity contribution >= 4 is 16.9 Å². The molecule has 0 aliphatic heterocycles. The van der Waals surface area contributed by atoms with Crippen LogP contribution in [0.2, 0.25) is 0 Å². The average molecular weight is 374 g/mol. The van der Waals surface area contributed by atoms with Crippen LogP contribution in [0.3, 0.4) is 0 Å². The fourth-order valence-corrected chi connectivity index (χ4v) is 2.86. The first-order valence-corrected chi connectivity index (χ1v) is 8.88. The summed E-state index contributed by atoms with van der Waals surface area (Å²) in [5.41, 5.74) is 2.00. The molecule has 2 N–H and O–H groups in total. The van der Waals surface area contributed by atoms with E-state index in [2.05, 4.69) is 25.4 Å². The van der Waals surface area contributed by atoms with Gasteiger partial charge in [-0.3, -0.25) is 14.6 Å². The molecule has 0 aliphatic rings. The van der Waals surface area contributed by atoms with E-state index in [9.17, 15) is 9.59 Å². The van der Waals surface area contributed by atoms with Crippen LogP contribution in [0.25, 0.3) is 16.7 Å². The van der Waals surface area contributed by atoms with E-state index in [1.165, 1.54) is 6.20 Å². The molecule has 3 aromatic heterocycles. The molecule has 4 rings (SSSR count). The van der Waals surface area contributed by atoms with Gasteiger partial charge in [-0.1, -0.05) is 18.2 Å². The number of H-pyrrole nitrogens is 1. The molecule has 0 bridgehead atoms. The van der Waals surface area contributed by atoms with Gasteiger partial charge >= 0.3 is 0 Å². The van der Waals surface area contributed by atoms with Crippen LogP contribution >= 0.6 is 0 Å². The highest BCUT2D eigenvalue weighted by Crippen LogP contribution is 2.13. The van der Waals surface area contributed by atoms with E-state index in [4.69, 9.17) is 0 Å². The minimum Gasteiger partial charge on any atom is -0.352 e. The van der Waals surface area contributed by atoms with Gasteiger partial charge in [-0.25, -0.2) is 9.67 Å². The van der Waals surface area contributed by atoms with Gasteiger partial charge in [0.15, 0.2) is 5.65 Å². The summed E-state index contributed by atoms with van der Waals surface area (Å²) in [6, 6.07) is 13.2. The molecule has 3 heterocycles. The van der Waals surface area contributed by atoms with E-state index in [-0.39, 0.29) is 17.9 Å². The summed E-state index contributed by atoms with van der Waals surface area (Å²) in [4.78, 5) is 35.7. The number of hydrogen-bond acceptors (Lipinski definition) is 5. The van der Waals surface area contributed by atoms with Crippen LogP contribution in [0.1, 0.15) is 17.8 Å². The third-order valence-corrected chi connectivity index (χ3v) is 4.32. The van der Waals surface area contributed by atoms with Gasteiger partial charge in [-0.15, -0.1) is 0 Å². The van der Waals surface area contributed by atoms with Gasteiger partial charge in [0.05, 0.1) is 11.9 Å². The lowest BCUT2D eigenvalue weighted by Crippen LogP contribution is -2.23. The summed E-state index contributed by atoms with van der Waals surface area (Å²) >= 11 is 0. The number of aromatic nitrogens is 5. The van der Waals surface area contributed by atoms with E-state index in [1.807, 2.05) is 42.5 Å². The molecule has 0 saturated carbocycles. The zero-order valence-corrected chi connectivity index (χ0v) is 15.0. The lowest BCUT2D eigenvalue weighted by molar-refractivity contribution is -0.121. The van der Waals surface area contributed by atoms with Gasteiger partial charge in [0.2, 0.25) is 5.91 Å². The van der Waals surface area contributed by atoms with Crippen molar-refractivity contribution in [1.82, 2.24) is 30.0 Å². The summed E-state index contributed by atoms with van der Waals surface area (Å²) in [6.45, 7) is 0.436. The molecule has 0 aliphatic carbocycles. The summed E-state index contributed by atoms with van der Waals surface area (Å²) in [5, 5.41) is 7.54. The maximum absolute atomic E-state index is 12.3. The quantitative estimate of drug-likeness (QED) is 0.535. The van der Waals surface area contributed by atoms with E-state index < -0.39 is 0 Å². The van der Waals surface area contributed by atoms with Gasteiger partial charge in [-0.05, 0) is 29.8 Å². The highest BCUT2D eigenvalue weighted by molar-refractivity contribution is 5.77. The van der Waals surface area contributed by atoms with Crippen molar-refractivity contribution in [2.24, 2.45) is 0 Å². The smallest absolute Gasteiger partial charge is 0.262 e. The normalized spacial score (nSPS) is 10.9. The van der Waals surface area contributed by atoms with Crippen molar-refractivity contribution in [1.29, 1.82) is 0 Å². The predicted molar refractivity (Wildman–Crippen MR) is 104 cm³/mol. The second-order valence-corrected chi connectivity index (χ2v) is 6.27. The molecule has 0 atom stereocenters. The Labute approximate surface area is 160 Å². The fourth-order valence-electron chi connectivity index (χ4n) is 2.86. The second-order valence-electron chi connectivity index (χ2n) is 6.27. The first-order chi connectivity index (χ1) is 13.7. The number of carbonyl (C=O) groups excluding carboxylic acids is 1. The molecule has 1 amide bonds. The summed E-state index contributed by atoms with van der Waals surface area (Å²) in [6.07, 6.45) is 5.41. The largest absolute Gasteiger partial charge is 0.352 e. The zero-order valence-electron chi connectivity index (χ0n) is 15.0. The molecule has 0 saturated heterocycles. The molecule has 0 spiro atoms. The molecule has 4 aromatic rings. The molecular formula is C20H18N6O2. The zero-order chi connectivity index (χ0) is 19.3. The minimum absolute atomic E-state index is 0.115. The Hall–Kier alpha value is -3.81. The first kappa shape index (κ1) is 17.6. The Bertz CT molecular complexity index is 1150. The van der Waals surface area contributed by atoms with Crippen LogP contribution in [-0.2, 0) is 17.8 Å². The Morgan fingerprint density at radius 1 is 1.11 bits per heavy atom. The van der Waals surface area contributed by atoms with Gasteiger partial charge in [0, 0.05) is 31.8 Å². The molecule has 1 aromatic carbocycles. The Morgan fingerprint density at radius 3 is 2.68 bits per heavy atom. The number of pyridine rings is 1. The highest BCUT2D eigenvalue weighted by atomic mass is 16.1. The summed E-state index contributed by atoms with van der Waals surface area (Å²) in [5.74, 6) is 0.338. The van der Waals surface area contributed by atoms with Gasteiger partial charge in [0.1, 0.15) is 11.2 Å². The maximum Gasteiger partial charge on any atom is 0.262 e. The standard InChI is InChI=1S/C20H18N6O2/c27-18(22-12-14-8-10-21-11-9-14)7-6-17-24-19-16(20(28)25-17)13-23-26(19)15-4-2-1-3-5-15/h1-5,8-11,13H,6-7,12H2,(H,22,27)(H,24,25,28). The van der Waals surface area contributed by atoms with Gasteiger partial charge < -0.3 is 10.3 Å². The lowest BCUT2D eigenvalue weighted by atomic mass is 10.2. The van der Waals surface area contributed by atoms with Crippen molar-refractivity contribution in [3.63, 3.8) is 0 Å². The Balaban J connectivity index is 1.48. The third-order valence-electron chi connectivity index (χ3n) is 4.32. The van der Waals surface area contributed by atoms with Crippen LogP contribution in [0.4, 0.5) is 0 Å². The molecular weight excluding hydrogens is 356 g/mol. The number of fused-ring (bicyclic) bond motifs is 1. The first-order valence-electron chi connectivity index (χ1n) is 8.88. The molecule has 28 heavy (non-hydrogen) atoms. The molecule has 8 nitrogen and oxygen atoms in total. The average Bonchev–Trinajstić information content (AvgIpc) is 3.17. The van der Waals surface area contributed by atoms with Crippen molar-refractivity contribution in [3.8, 4) is 5.69 Å². The fraction of sp³-hybridized carbons (Fsp3) is 0.150. The highest BCUT2D eigenvalue weighted by Gasteiger charge is 2.12. The topological polar surface area (TPSA) is 106 Å². The number of aryl methyl sites for hydroxylation is 1. The molecule has 0 fully saturated rings. The third kappa shape index (κ3) is 3.80. The van der Waals surface area contributed by atoms with E-state index in [0.717, 1.165) is 11.3 Å². The maximum atomic E-state index is 12.3. The van der Waals surface area contributed by atoms with Crippen LogP contribution in [-0.4, -0.2) is 30.6 Å². The summed E-state index contributed by atoms with van der Waals surface area (Å²) < 4.78 is 1.62. The Morgan fingerprint density at radius 2 is 1.89 bits per heavy atom. The molecule has 0 unspecified atom stereocenters. The van der Waals surface area contributed by atoms with E-state index in [1.54, 1.807) is 17.1 Å². The van der Waals surface area contributed by atoms with E-state index in [0.29, 0.717) is 29.8 Å². The number of para-hydroxylation sites is 1. The summed E-state index contributed by atoms with van der Waals surface area (Å²) in [7, 11) is 0. The van der Waals surface area contributed by atoms with Crippen molar-refractivity contribution in [3.05, 3.63) is 82.8 Å². The van der Waals surface area contributed by atoms with Crippen molar-refractivity contribution in [2.45, 2.75) is 19.4 Å². The number of rotatable bonds is 6. The number of hydrogen-bond donors (Lipinski definition) is 2. The van der Waals surface area contributed by atoms with Crippen LogP contribution < -0.4 is 10.9 Å². The predicted octanol–water partition coefficient (Wildman–Crippen LogP) is 1.75. The number of aromatic amines is 1. The van der Waals surface area contributed by atoms with Gasteiger partial charge in [0.25, 0.3) is 5.56 Å². The van der Waals surface area contributed by atoms with Crippen LogP contribution in [0.5, 0.6) is 0 Å². The van der Waals surface area contributed by atoms with Crippen LogP contribution in [0, 0.1) is 0 Å². The molecule has 8 heteroatoms. The van der Waals surface area contributed by atoms with Crippen molar-refractivity contribution in [2.75, 3.05) is 0 Å².